The van der Waals surface area contributed by atoms with Gasteiger partial charge in [0.05, 0.1) is 6.10 Å². The Morgan fingerprint density at radius 3 is 2.56 bits per heavy atom. The summed E-state index contributed by atoms with van der Waals surface area (Å²) in [7, 11) is 1.66. The molecule has 0 aliphatic heterocycles. The van der Waals surface area contributed by atoms with E-state index in [2.05, 4.69) is 9.97 Å². The highest BCUT2D eigenvalue weighted by Crippen LogP contribution is 2.26. The average Bonchev–Trinajstić information content (AvgIpc) is 2.27. The maximum atomic E-state index is 9.50. The molecule has 0 radical (unpaired) electrons. The monoisotopic (exact) mass is 224 g/mol. The van der Waals surface area contributed by atoms with E-state index in [0.717, 1.165) is 17.7 Å². The highest BCUT2D eigenvalue weighted by molar-refractivity contribution is 5.20. The predicted molar refractivity (Wildman–Crippen MR) is 62.1 cm³/mol. The lowest BCUT2D eigenvalue weighted by atomic mass is 10.0. The van der Waals surface area contributed by atoms with Gasteiger partial charge in [0.25, 0.3) is 0 Å². The summed E-state index contributed by atoms with van der Waals surface area (Å²) in [5.41, 5.74) is 1.11. The summed E-state index contributed by atoms with van der Waals surface area (Å²) in [6, 6.07) is 0. The smallest absolute Gasteiger partial charge is 0.160 e. The summed E-state index contributed by atoms with van der Waals surface area (Å²) < 4.78 is 5.44. The second-order valence-corrected chi connectivity index (χ2v) is 4.20. The second-order valence-electron chi connectivity index (χ2n) is 4.20. The van der Waals surface area contributed by atoms with Crippen LogP contribution in [0.2, 0.25) is 0 Å². The Bertz CT molecular complexity index is 360. The third-order valence-electron chi connectivity index (χ3n) is 3.07. The molecule has 4 nitrogen and oxygen atoms in total. The molecule has 0 aliphatic carbocycles. The number of ether oxygens (including phenoxy) is 1. The van der Waals surface area contributed by atoms with E-state index in [0.29, 0.717) is 5.82 Å². The van der Waals surface area contributed by atoms with Gasteiger partial charge in [0, 0.05) is 24.6 Å². The number of hydrogen-bond acceptors (Lipinski definition) is 4. The van der Waals surface area contributed by atoms with Crippen LogP contribution in [0.1, 0.15) is 50.4 Å². The Morgan fingerprint density at radius 2 is 2.19 bits per heavy atom. The van der Waals surface area contributed by atoms with Crippen LogP contribution in [0.5, 0.6) is 0 Å². The molecular formula is C12H20N2O2. The van der Waals surface area contributed by atoms with Crippen LogP contribution in [-0.2, 0) is 10.3 Å². The number of aliphatic hydroxyl groups excluding tert-OH is 1. The van der Waals surface area contributed by atoms with E-state index in [1.807, 2.05) is 20.8 Å². The van der Waals surface area contributed by atoms with Gasteiger partial charge in [-0.05, 0) is 27.2 Å². The first-order valence-electron chi connectivity index (χ1n) is 5.51. The molecule has 0 aliphatic rings. The lowest BCUT2D eigenvalue weighted by molar-refractivity contribution is -0.00925. The van der Waals surface area contributed by atoms with E-state index in [1.54, 1.807) is 20.2 Å². The van der Waals surface area contributed by atoms with Crippen LogP contribution in [0.15, 0.2) is 6.20 Å². The molecule has 0 bridgehead atoms. The van der Waals surface area contributed by atoms with E-state index in [9.17, 15) is 5.11 Å². The Balaban J connectivity index is 3.15. The van der Waals surface area contributed by atoms with Crippen molar-refractivity contribution in [1.29, 1.82) is 0 Å². The second kappa shape index (κ2) is 4.89. The van der Waals surface area contributed by atoms with Crippen LogP contribution < -0.4 is 0 Å². The first-order chi connectivity index (χ1) is 7.44. The minimum absolute atomic E-state index is 0.456. The predicted octanol–water partition coefficient (Wildman–Crippen LogP) is 2.11. The Hall–Kier alpha value is -1.00. The first kappa shape index (κ1) is 13.1. The number of aromatic nitrogens is 2. The molecule has 1 aromatic heterocycles. The van der Waals surface area contributed by atoms with E-state index in [1.165, 1.54) is 0 Å². The van der Waals surface area contributed by atoms with Gasteiger partial charge in [-0.1, -0.05) is 6.92 Å². The van der Waals surface area contributed by atoms with Crippen LogP contribution >= 0.6 is 0 Å². The first-order valence-corrected chi connectivity index (χ1v) is 5.51. The third kappa shape index (κ3) is 2.39. The van der Waals surface area contributed by atoms with Crippen molar-refractivity contribution in [3.8, 4) is 0 Å². The molecule has 1 unspecified atom stereocenters. The van der Waals surface area contributed by atoms with Gasteiger partial charge in [-0.2, -0.15) is 0 Å². The highest BCUT2D eigenvalue weighted by atomic mass is 16.5. The summed E-state index contributed by atoms with van der Waals surface area (Å²) in [5, 5.41) is 9.50. The van der Waals surface area contributed by atoms with E-state index >= 15 is 0 Å². The molecule has 0 fully saturated rings. The fourth-order valence-electron chi connectivity index (χ4n) is 1.54. The third-order valence-corrected chi connectivity index (χ3v) is 3.07. The van der Waals surface area contributed by atoms with E-state index in [4.69, 9.17) is 4.74 Å². The molecule has 0 amide bonds. The number of rotatable bonds is 4. The minimum Gasteiger partial charge on any atom is -0.389 e. The number of aliphatic hydroxyl groups is 1. The molecule has 4 heteroatoms. The quantitative estimate of drug-likeness (QED) is 0.851. The fraction of sp³-hybridized carbons (Fsp3) is 0.667. The zero-order chi connectivity index (χ0) is 12.3. The van der Waals surface area contributed by atoms with Gasteiger partial charge >= 0.3 is 0 Å². The van der Waals surface area contributed by atoms with Crippen molar-refractivity contribution < 1.29 is 9.84 Å². The summed E-state index contributed by atoms with van der Waals surface area (Å²) in [5.74, 6) is 0.666. The van der Waals surface area contributed by atoms with Crippen molar-refractivity contribution in [2.45, 2.75) is 45.8 Å². The number of nitrogens with zero attached hydrogens (tertiary/aromatic N) is 2. The largest absolute Gasteiger partial charge is 0.389 e. The van der Waals surface area contributed by atoms with Crippen LogP contribution in [0.4, 0.5) is 0 Å². The Kier molecular flexibility index (Phi) is 3.99. The molecule has 2 atom stereocenters. The molecule has 0 saturated heterocycles. The molecule has 0 spiro atoms. The summed E-state index contributed by atoms with van der Waals surface area (Å²) >= 11 is 0. The van der Waals surface area contributed by atoms with Crippen LogP contribution in [0.25, 0.3) is 0 Å². The molecule has 1 rings (SSSR count). The molecule has 1 N–H and O–H groups in total. The van der Waals surface area contributed by atoms with Gasteiger partial charge in [-0.15, -0.1) is 0 Å². The topological polar surface area (TPSA) is 55.2 Å². The van der Waals surface area contributed by atoms with Crippen LogP contribution in [0, 0.1) is 6.92 Å². The van der Waals surface area contributed by atoms with Gasteiger partial charge < -0.3 is 9.84 Å². The van der Waals surface area contributed by atoms with Crippen molar-refractivity contribution in [1.82, 2.24) is 9.97 Å². The van der Waals surface area contributed by atoms with Crippen molar-refractivity contribution >= 4 is 0 Å². The SMILES string of the molecule is CCC(C)(OC)c1ncc([C@@H](C)O)c(C)n1. The lowest BCUT2D eigenvalue weighted by Crippen LogP contribution is -2.26. The lowest BCUT2D eigenvalue weighted by Gasteiger charge is -2.25. The Labute approximate surface area is 96.7 Å². The highest BCUT2D eigenvalue weighted by Gasteiger charge is 2.27. The number of hydrogen-bond donors (Lipinski definition) is 1. The van der Waals surface area contributed by atoms with Gasteiger partial charge in [-0.25, -0.2) is 9.97 Å². The van der Waals surface area contributed by atoms with Crippen molar-refractivity contribution in [2.24, 2.45) is 0 Å². The standard InChI is InChI=1S/C12H20N2O2/c1-6-12(4,16-5)11-13-7-10(9(3)15)8(2)14-11/h7,9,15H,6H2,1-5H3/t9-,12?/m1/s1. The summed E-state index contributed by atoms with van der Waals surface area (Å²) in [4.78, 5) is 8.69. The van der Waals surface area contributed by atoms with Gasteiger partial charge in [0.15, 0.2) is 5.82 Å². The normalized spacial score (nSPS) is 16.9. The zero-order valence-electron chi connectivity index (χ0n) is 10.6. The Morgan fingerprint density at radius 1 is 1.56 bits per heavy atom. The maximum Gasteiger partial charge on any atom is 0.160 e. The van der Waals surface area contributed by atoms with Crippen molar-refractivity contribution in [3.63, 3.8) is 0 Å². The molecule has 90 valence electrons. The van der Waals surface area contributed by atoms with Gasteiger partial charge in [0.2, 0.25) is 0 Å². The molecular weight excluding hydrogens is 204 g/mol. The number of aryl methyl sites for hydroxylation is 1. The summed E-state index contributed by atoms with van der Waals surface area (Å²) in [6.45, 7) is 7.58. The molecule has 0 saturated carbocycles. The molecule has 0 aromatic carbocycles. The van der Waals surface area contributed by atoms with E-state index in [-0.39, 0.29) is 0 Å². The zero-order valence-corrected chi connectivity index (χ0v) is 10.6. The van der Waals surface area contributed by atoms with E-state index < -0.39 is 11.7 Å². The number of methoxy groups -OCH3 is 1. The van der Waals surface area contributed by atoms with Crippen molar-refractivity contribution in [3.05, 3.63) is 23.3 Å². The average molecular weight is 224 g/mol. The van der Waals surface area contributed by atoms with Gasteiger partial charge in [-0.3, -0.25) is 0 Å². The van der Waals surface area contributed by atoms with Gasteiger partial charge in [0.1, 0.15) is 5.60 Å². The minimum atomic E-state index is -0.538. The maximum absolute atomic E-state index is 9.50. The molecule has 1 heterocycles. The van der Waals surface area contributed by atoms with Crippen LogP contribution in [-0.4, -0.2) is 22.2 Å². The molecule has 1 aromatic rings. The fourth-order valence-corrected chi connectivity index (χ4v) is 1.54. The summed E-state index contributed by atoms with van der Waals surface area (Å²) in [6.07, 6.45) is 1.94. The molecule has 16 heavy (non-hydrogen) atoms. The van der Waals surface area contributed by atoms with Crippen molar-refractivity contribution in [2.75, 3.05) is 7.11 Å². The van der Waals surface area contributed by atoms with Crippen LogP contribution in [0.3, 0.4) is 0 Å².